The second kappa shape index (κ2) is 6.94. The van der Waals surface area contributed by atoms with Crippen LogP contribution in [0.5, 0.6) is 0 Å². The Morgan fingerprint density at radius 2 is 1.96 bits per heavy atom. The number of rotatable bonds is 5. The maximum absolute atomic E-state index is 12.1. The van der Waals surface area contributed by atoms with E-state index in [-0.39, 0.29) is 24.5 Å². The van der Waals surface area contributed by atoms with E-state index in [1.165, 1.54) is 4.57 Å². The summed E-state index contributed by atoms with van der Waals surface area (Å²) in [6.45, 7) is 0. The van der Waals surface area contributed by atoms with Crippen molar-refractivity contribution < 1.29 is 14.0 Å². The van der Waals surface area contributed by atoms with E-state index in [2.05, 4.69) is 5.32 Å². The number of amides is 1. The van der Waals surface area contributed by atoms with E-state index in [4.69, 9.17) is 16.0 Å². The SMILES string of the molecule is Cn1c(=O)oc2cc(NC(=O)CCC(=O)c3cccc(Cl)c3)ccc21. The first kappa shape index (κ1) is 17.0. The van der Waals surface area contributed by atoms with E-state index >= 15 is 0 Å². The van der Waals surface area contributed by atoms with Gasteiger partial charge in [-0.3, -0.25) is 14.2 Å². The molecule has 0 aliphatic heterocycles. The number of halogens is 1. The molecular weight excluding hydrogens is 344 g/mol. The van der Waals surface area contributed by atoms with Crippen LogP contribution in [-0.2, 0) is 11.8 Å². The Kier molecular flexibility index (Phi) is 4.72. The quantitative estimate of drug-likeness (QED) is 0.709. The van der Waals surface area contributed by atoms with Gasteiger partial charge in [0, 0.05) is 42.2 Å². The number of carbonyl (C=O) groups is 2. The predicted octanol–water partition coefficient (Wildman–Crippen LogP) is 3.39. The van der Waals surface area contributed by atoms with Gasteiger partial charge in [-0.15, -0.1) is 0 Å². The van der Waals surface area contributed by atoms with Gasteiger partial charge in [0.05, 0.1) is 5.52 Å². The smallest absolute Gasteiger partial charge is 0.408 e. The highest BCUT2D eigenvalue weighted by Gasteiger charge is 2.11. The number of benzene rings is 2. The molecule has 0 aliphatic carbocycles. The van der Waals surface area contributed by atoms with E-state index in [1.807, 2.05) is 0 Å². The first-order chi connectivity index (χ1) is 11.9. The minimum atomic E-state index is -0.467. The summed E-state index contributed by atoms with van der Waals surface area (Å²) in [6.07, 6.45) is 0.122. The number of carbonyl (C=O) groups excluding carboxylic acids is 2. The van der Waals surface area contributed by atoms with Gasteiger partial charge in [-0.05, 0) is 24.3 Å². The molecule has 1 heterocycles. The zero-order chi connectivity index (χ0) is 18.0. The molecule has 0 unspecified atom stereocenters. The molecule has 3 aromatic rings. The normalized spacial score (nSPS) is 10.8. The molecule has 1 amide bonds. The zero-order valence-corrected chi connectivity index (χ0v) is 14.2. The summed E-state index contributed by atoms with van der Waals surface area (Å²) in [5.41, 5.74) is 2.01. The number of hydrogen-bond acceptors (Lipinski definition) is 4. The third kappa shape index (κ3) is 3.80. The maximum atomic E-state index is 12.1. The van der Waals surface area contributed by atoms with Crippen LogP contribution in [0.1, 0.15) is 23.2 Å². The average Bonchev–Trinajstić information content (AvgIpc) is 2.86. The molecule has 2 aromatic carbocycles. The number of aryl methyl sites for hydroxylation is 1. The Morgan fingerprint density at radius 1 is 1.16 bits per heavy atom. The summed E-state index contributed by atoms with van der Waals surface area (Å²) in [6, 6.07) is 11.6. The van der Waals surface area contributed by atoms with Crippen LogP contribution in [0, 0.1) is 0 Å². The van der Waals surface area contributed by atoms with Gasteiger partial charge in [0.15, 0.2) is 11.4 Å². The van der Waals surface area contributed by atoms with Crippen molar-refractivity contribution in [1.29, 1.82) is 0 Å². The maximum Gasteiger partial charge on any atom is 0.419 e. The summed E-state index contributed by atoms with van der Waals surface area (Å²) in [4.78, 5) is 35.6. The van der Waals surface area contributed by atoms with Crippen LogP contribution in [0.4, 0.5) is 5.69 Å². The minimum absolute atomic E-state index is 0.0438. The molecule has 0 spiro atoms. The van der Waals surface area contributed by atoms with Crippen molar-refractivity contribution in [2.24, 2.45) is 7.05 Å². The second-order valence-corrected chi connectivity index (χ2v) is 6.03. The third-order valence-corrected chi connectivity index (χ3v) is 4.04. The van der Waals surface area contributed by atoms with Gasteiger partial charge < -0.3 is 9.73 Å². The lowest BCUT2D eigenvalue weighted by molar-refractivity contribution is -0.116. The van der Waals surface area contributed by atoms with Crippen LogP contribution in [0.15, 0.2) is 51.7 Å². The van der Waals surface area contributed by atoms with Crippen LogP contribution in [0.25, 0.3) is 11.1 Å². The van der Waals surface area contributed by atoms with Crippen LogP contribution in [0.3, 0.4) is 0 Å². The number of nitrogens with zero attached hydrogens (tertiary/aromatic N) is 1. The van der Waals surface area contributed by atoms with Crippen LogP contribution < -0.4 is 11.1 Å². The Labute approximate surface area is 148 Å². The Balaban J connectivity index is 1.62. The molecule has 0 bridgehead atoms. The Morgan fingerprint density at radius 3 is 2.72 bits per heavy atom. The molecule has 0 saturated heterocycles. The lowest BCUT2D eigenvalue weighted by atomic mass is 10.1. The number of Topliss-reactive ketones (excluding diaryl/α,β-unsaturated/α-hetero) is 1. The molecule has 128 valence electrons. The fourth-order valence-corrected chi connectivity index (χ4v) is 2.66. The standard InChI is InChI=1S/C18H15ClN2O4/c1-21-14-6-5-13(10-16(14)25-18(21)24)20-17(23)8-7-15(22)11-3-2-4-12(19)9-11/h2-6,9-10H,7-8H2,1H3,(H,20,23). The van der Waals surface area contributed by atoms with E-state index in [0.717, 1.165) is 0 Å². The lowest BCUT2D eigenvalue weighted by Gasteiger charge is -2.05. The highest BCUT2D eigenvalue weighted by molar-refractivity contribution is 6.31. The van der Waals surface area contributed by atoms with Crippen molar-refractivity contribution in [2.45, 2.75) is 12.8 Å². The molecular formula is C18H15ClN2O4. The van der Waals surface area contributed by atoms with E-state index in [0.29, 0.717) is 27.4 Å². The molecule has 3 rings (SSSR count). The summed E-state index contributed by atoms with van der Waals surface area (Å²) in [7, 11) is 1.61. The Bertz CT molecular complexity index is 1020. The largest absolute Gasteiger partial charge is 0.419 e. The first-order valence-corrected chi connectivity index (χ1v) is 8.00. The minimum Gasteiger partial charge on any atom is -0.408 e. The number of fused-ring (bicyclic) bond motifs is 1. The van der Waals surface area contributed by atoms with Gasteiger partial charge in [0.1, 0.15) is 0 Å². The van der Waals surface area contributed by atoms with Crippen molar-refractivity contribution in [2.75, 3.05) is 5.32 Å². The van der Waals surface area contributed by atoms with Gasteiger partial charge in [-0.25, -0.2) is 4.79 Å². The number of aromatic nitrogens is 1. The fraction of sp³-hybridized carbons (Fsp3) is 0.167. The van der Waals surface area contributed by atoms with Crippen molar-refractivity contribution >= 4 is 40.1 Å². The number of nitrogens with one attached hydrogen (secondary N) is 1. The summed E-state index contributed by atoms with van der Waals surface area (Å²) in [5, 5.41) is 3.17. The molecule has 1 N–H and O–H groups in total. The number of anilines is 1. The van der Waals surface area contributed by atoms with E-state index in [9.17, 15) is 14.4 Å². The molecule has 1 aromatic heterocycles. The molecule has 25 heavy (non-hydrogen) atoms. The Hall–Kier alpha value is -2.86. The number of ketones is 1. The topological polar surface area (TPSA) is 81.3 Å². The average molecular weight is 359 g/mol. The van der Waals surface area contributed by atoms with Gasteiger partial charge >= 0.3 is 5.76 Å². The predicted molar refractivity (Wildman–Crippen MR) is 95.1 cm³/mol. The molecule has 6 nitrogen and oxygen atoms in total. The first-order valence-electron chi connectivity index (χ1n) is 7.62. The van der Waals surface area contributed by atoms with Crippen LogP contribution in [0.2, 0.25) is 5.02 Å². The van der Waals surface area contributed by atoms with Crippen molar-refractivity contribution in [3.05, 3.63) is 63.6 Å². The monoisotopic (exact) mass is 358 g/mol. The van der Waals surface area contributed by atoms with Gasteiger partial charge in [-0.2, -0.15) is 0 Å². The van der Waals surface area contributed by atoms with E-state index in [1.54, 1.807) is 49.5 Å². The number of hydrogen-bond donors (Lipinski definition) is 1. The molecule has 0 aliphatic rings. The highest BCUT2D eigenvalue weighted by Crippen LogP contribution is 2.18. The molecule has 0 atom stereocenters. The molecule has 0 saturated carbocycles. The van der Waals surface area contributed by atoms with Crippen molar-refractivity contribution in [1.82, 2.24) is 4.57 Å². The van der Waals surface area contributed by atoms with Gasteiger partial charge in [-0.1, -0.05) is 23.7 Å². The molecule has 0 radical (unpaired) electrons. The van der Waals surface area contributed by atoms with Crippen LogP contribution in [-0.4, -0.2) is 16.3 Å². The summed E-state index contributed by atoms with van der Waals surface area (Å²) < 4.78 is 6.46. The van der Waals surface area contributed by atoms with Gasteiger partial charge in [0.25, 0.3) is 0 Å². The highest BCUT2D eigenvalue weighted by atomic mass is 35.5. The van der Waals surface area contributed by atoms with Gasteiger partial charge in [0.2, 0.25) is 5.91 Å². The van der Waals surface area contributed by atoms with Crippen molar-refractivity contribution in [3.8, 4) is 0 Å². The third-order valence-electron chi connectivity index (χ3n) is 3.80. The second-order valence-electron chi connectivity index (χ2n) is 5.59. The molecule has 7 heteroatoms. The lowest BCUT2D eigenvalue weighted by Crippen LogP contribution is -2.13. The van der Waals surface area contributed by atoms with Crippen molar-refractivity contribution in [3.63, 3.8) is 0 Å². The summed E-state index contributed by atoms with van der Waals surface area (Å²) >= 11 is 5.86. The summed E-state index contributed by atoms with van der Waals surface area (Å²) in [5.74, 6) is -0.916. The van der Waals surface area contributed by atoms with Crippen LogP contribution >= 0.6 is 11.6 Å². The fourth-order valence-electron chi connectivity index (χ4n) is 2.47. The molecule has 0 fully saturated rings. The zero-order valence-electron chi connectivity index (χ0n) is 13.4. The van der Waals surface area contributed by atoms with E-state index < -0.39 is 5.76 Å². The number of oxazole rings is 1.